The smallest absolute Gasteiger partial charge is 0.373 e. The molecule has 0 amide bonds. The van der Waals surface area contributed by atoms with Crippen molar-refractivity contribution in [2.75, 3.05) is 32.6 Å². The van der Waals surface area contributed by atoms with Crippen molar-refractivity contribution in [3.63, 3.8) is 0 Å². The van der Waals surface area contributed by atoms with Crippen molar-refractivity contribution in [1.29, 1.82) is 0 Å². The molecule has 0 aliphatic rings. The Morgan fingerprint density at radius 2 is 0.708 bits per heavy atom. The van der Waals surface area contributed by atoms with Gasteiger partial charge in [0, 0.05) is 37.5 Å². The first-order valence-corrected chi connectivity index (χ1v) is 32.7. The average Bonchev–Trinajstić information content (AvgIpc) is 3.31. The minimum atomic E-state index is -2.93. The Kier molecular flexibility index (Phi) is 55.1. The zero-order chi connectivity index (χ0) is 47.3. The molecule has 0 spiro atoms. The maximum absolute atomic E-state index is 13.0. The third kappa shape index (κ3) is 48.9. The third-order valence-electron chi connectivity index (χ3n) is 13.8. The van der Waals surface area contributed by atoms with Crippen LogP contribution < -0.4 is 5.32 Å². The molecule has 0 aliphatic heterocycles. The van der Waals surface area contributed by atoms with Gasteiger partial charge in [0.15, 0.2) is 5.12 Å². The van der Waals surface area contributed by atoms with Crippen LogP contribution in [-0.2, 0) is 18.1 Å². The third-order valence-corrected chi connectivity index (χ3v) is 17.7. The summed E-state index contributed by atoms with van der Waals surface area (Å²) in [4.78, 5) is 13.0. The Balaban J connectivity index is 5.05. The quantitative estimate of drug-likeness (QED) is 0.0484. The summed E-state index contributed by atoms with van der Waals surface area (Å²) in [6.45, 7) is 11.3. The Morgan fingerprint density at radius 3 is 1.05 bits per heavy atom. The van der Waals surface area contributed by atoms with E-state index in [2.05, 4.69) is 40.1 Å². The van der Waals surface area contributed by atoms with Gasteiger partial charge in [-0.1, -0.05) is 296 Å². The molecule has 0 aliphatic carbocycles. The molecule has 1 unspecified atom stereocenters. The largest absolute Gasteiger partial charge is 0.501 e. The summed E-state index contributed by atoms with van der Waals surface area (Å²) >= 11 is 1.55. The van der Waals surface area contributed by atoms with Gasteiger partial charge in [0.1, 0.15) is 0 Å². The van der Waals surface area contributed by atoms with E-state index in [1.165, 1.54) is 257 Å². The van der Waals surface area contributed by atoms with E-state index in [1.807, 2.05) is 0 Å². The van der Waals surface area contributed by atoms with Crippen molar-refractivity contribution in [2.45, 2.75) is 335 Å². The van der Waals surface area contributed by atoms with Crippen LogP contribution in [0.15, 0.2) is 0 Å². The lowest BCUT2D eigenvalue weighted by atomic mass is 10.0. The molecule has 0 rings (SSSR count). The summed E-state index contributed by atoms with van der Waals surface area (Å²) in [5.41, 5.74) is 0. The minimum Gasteiger partial charge on any atom is -0.373 e. The maximum atomic E-state index is 13.0. The van der Waals surface area contributed by atoms with Gasteiger partial charge in [-0.3, -0.25) is 4.79 Å². The molecule has 7 heteroatoms. The van der Waals surface area contributed by atoms with Crippen molar-refractivity contribution in [3.05, 3.63) is 0 Å². The molecule has 0 saturated heterocycles. The lowest BCUT2D eigenvalue weighted by Gasteiger charge is -2.32. The average molecular weight is 955 g/mol. The summed E-state index contributed by atoms with van der Waals surface area (Å²) in [7, 11) is -0.832. The van der Waals surface area contributed by atoms with Crippen LogP contribution in [0.5, 0.6) is 0 Å². The van der Waals surface area contributed by atoms with Crippen LogP contribution in [0.1, 0.15) is 323 Å². The number of nitrogens with one attached hydrogen (secondary N) is 1. The number of likely N-dealkylation sites (N-methyl/N-ethyl adjacent to an activating group) is 1. The normalized spacial score (nSPS) is 12.4. The Hall–Kier alpha value is 0.0769. The van der Waals surface area contributed by atoms with Crippen molar-refractivity contribution < 1.29 is 18.1 Å². The summed E-state index contributed by atoms with van der Waals surface area (Å²) in [6.07, 6.45) is 60.3. The molecule has 65 heavy (non-hydrogen) atoms. The fraction of sp³-hybridized carbons (Fsp3) is 0.983. The van der Waals surface area contributed by atoms with E-state index < -0.39 is 8.80 Å². The summed E-state index contributed by atoms with van der Waals surface area (Å²) < 4.78 is 20.8. The summed E-state index contributed by atoms with van der Waals surface area (Å²) in [6, 6.07) is 1.13. The van der Waals surface area contributed by atoms with Crippen molar-refractivity contribution in [1.82, 2.24) is 5.32 Å². The monoisotopic (exact) mass is 954 g/mol. The zero-order valence-corrected chi connectivity index (χ0v) is 47.0. The van der Waals surface area contributed by atoms with Gasteiger partial charge >= 0.3 is 8.80 Å². The molecule has 0 fully saturated rings. The van der Waals surface area contributed by atoms with Gasteiger partial charge in [-0.2, -0.15) is 0 Å². The van der Waals surface area contributed by atoms with Crippen LogP contribution in [0.25, 0.3) is 0 Å². The van der Waals surface area contributed by atoms with Crippen molar-refractivity contribution in [2.24, 2.45) is 0 Å². The van der Waals surface area contributed by atoms with Gasteiger partial charge in [-0.25, -0.2) is 0 Å². The SMILES string of the molecule is CCCCCCCCCCCCCCCCC(CO[Si](CCCSC(=O)CCCCCCCCCCCCCCC)(OCCCCCCCCCC)OCCCCCCCCCC)NC. The fourth-order valence-corrected chi connectivity index (χ4v) is 12.9. The Morgan fingerprint density at radius 1 is 0.400 bits per heavy atom. The van der Waals surface area contributed by atoms with Crippen LogP contribution in [0.2, 0.25) is 6.04 Å². The molecule has 0 saturated carbocycles. The zero-order valence-electron chi connectivity index (χ0n) is 45.2. The number of rotatable bonds is 57. The van der Waals surface area contributed by atoms with Crippen LogP contribution in [-0.4, -0.2) is 52.6 Å². The molecule has 0 bridgehead atoms. The van der Waals surface area contributed by atoms with E-state index in [4.69, 9.17) is 13.3 Å². The van der Waals surface area contributed by atoms with E-state index in [1.54, 1.807) is 11.8 Å². The van der Waals surface area contributed by atoms with Crippen molar-refractivity contribution >= 4 is 25.7 Å². The van der Waals surface area contributed by atoms with Crippen LogP contribution in [0.3, 0.4) is 0 Å². The van der Waals surface area contributed by atoms with E-state index in [0.29, 0.717) is 24.2 Å². The number of carbonyl (C=O) groups excluding carboxylic acids is 1. The first kappa shape index (κ1) is 65.1. The van der Waals surface area contributed by atoms with Gasteiger partial charge in [0.25, 0.3) is 0 Å². The first-order chi connectivity index (χ1) is 32.1. The fourth-order valence-electron chi connectivity index (χ4n) is 9.23. The lowest BCUT2D eigenvalue weighted by Crippen LogP contribution is -2.49. The molecule has 5 nitrogen and oxygen atoms in total. The van der Waals surface area contributed by atoms with Gasteiger partial charge in [0.2, 0.25) is 0 Å². The molecule has 390 valence electrons. The highest BCUT2D eigenvalue weighted by Gasteiger charge is 2.41. The molecule has 0 aromatic carbocycles. The highest BCUT2D eigenvalue weighted by Crippen LogP contribution is 2.25. The van der Waals surface area contributed by atoms with Crippen molar-refractivity contribution in [3.8, 4) is 0 Å². The highest BCUT2D eigenvalue weighted by atomic mass is 32.2. The molecule has 0 radical (unpaired) electrons. The van der Waals surface area contributed by atoms with E-state index >= 15 is 0 Å². The molecule has 1 atom stereocenters. The second kappa shape index (κ2) is 55.0. The van der Waals surface area contributed by atoms with E-state index in [0.717, 1.165) is 57.1 Å². The van der Waals surface area contributed by atoms with Crippen LogP contribution >= 0.6 is 11.8 Å². The number of unbranched alkanes of at least 4 members (excludes halogenated alkanes) is 39. The molecule has 0 heterocycles. The number of carbonyl (C=O) groups is 1. The lowest BCUT2D eigenvalue weighted by molar-refractivity contribution is -0.111. The van der Waals surface area contributed by atoms with Gasteiger partial charge in [-0.05, 0) is 39.2 Å². The number of thioether (sulfide) groups is 1. The molecule has 0 aromatic rings. The van der Waals surface area contributed by atoms with Gasteiger partial charge in [-0.15, -0.1) is 0 Å². The second-order valence-electron chi connectivity index (χ2n) is 20.3. The topological polar surface area (TPSA) is 56.8 Å². The summed E-state index contributed by atoms with van der Waals surface area (Å²) in [5, 5.41) is 3.97. The number of hydrogen-bond acceptors (Lipinski definition) is 6. The molecule has 1 N–H and O–H groups in total. The first-order valence-electron chi connectivity index (χ1n) is 29.8. The van der Waals surface area contributed by atoms with Crippen LogP contribution in [0, 0.1) is 0 Å². The minimum absolute atomic E-state index is 0.314. The number of hydrogen-bond donors (Lipinski definition) is 1. The molecular weight excluding hydrogens is 835 g/mol. The van der Waals surface area contributed by atoms with E-state index in [-0.39, 0.29) is 0 Å². The second-order valence-corrected chi connectivity index (χ2v) is 24.2. The van der Waals surface area contributed by atoms with E-state index in [9.17, 15) is 4.79 Å². The Bertz CT molecular complexity index is 889. The predicted molar refractivity (Wildman–Crippen MR) is 294 cm³/mol. The summed E-state index contributed by atoms with van der Waals surface area (Å²) in [5.74, 6) is 0.839. The molecular formula is C58H119NO4SSi. The highest BCUT2D eigenvalue weighted by molar-refractivity contribution is 8.13. The van der Waals surface area contributed by atoms with Gasteiger partial charge in [0.05, 0.1) is 6.61 Å². The predicted octanol–water partition coefficient (Wildman–Crippen LogP) is 19.8. The standard InChI is InChI=1S/C58H119NO4SSi/c1-6-10-14-18-22-26-28-30-32-33-35-37-41-45-50-57(59-5)56-63-65(61-52-47-43-39-24-20-16-12-8-3,62-53-48-44-40-25-21-17-13-9-4)55-49-54-64-58(60)51-46-42-38-36-34-31-29-27-23-19-15-11-7-2/h57,59H,6-56H2,1-5H3. The van der Waals surface area contributed by atoms with Crippen LogP contribution in [0.4, 0.5) is 0 Å². The van der Waals surface area contributed by atoms with Gasteiger partial charge < -0.3 is 18.6 Å². The molecule has 0 aromatic heterocycles. The maximum Gasteiger partial charge on any atom is 0.501 e. The Labute approximate surface area is 414 Å².